The Morgan fingerprint density at radius 2 is 2.60 bits per heavy atom. The molecule has 0 aromatic heterocycles. The van der Waals surface area contributed by atoms with E-state index in [0.29, 0.717) is 0 Å². The van der Waals surface area contributed by atoms with Crippen LogP contribution >= 0.6 is 0 Å². The van der Waals surface area contributed by atoms with Crippen LogP contribution in [0.15, 0.2) is 0 Å². The first-order chi connectivity index (χ1) is 4.69. The van der Waals surface area contributed by atoms with Crippen LogP contribution < -0.4 is 5.73 Å². The van der Waals surface area contributed by atoms with Crippen LogP contribution in [-0.2, 0) is 0 Å². The molecule has 2 N–H and O–H groups in total. The van der Waals surface area contributed by atoms with Gasteiger partial charge in [-0.2, -0.15) is 0 Å². The van der Waals surface area contributed by atoms with Crippen molar-refractivity contribution in [2.45, 2.75) is 13.7 Å². The van der Waals surface area contributed by atoms with Gasteiger partial charge in [0.25, 0.3) is 0 Å². The van der Waals surface area contributed by atoms with E-state index in [2.05, 4.69) is 0 Å². The van der Waals surface area contributed by atoms with Crippen molar-refractivity contribution in [2.75, 3.05) is 6.54 Å². The van der Waals surface area contributed by atoms with Crippen LogP contribution in [0.4, 0.5) is 0 Å². The molecule has 0 aliphatic rings. The third-order valence-electron chi connectivity index (χ3n) is 0.236. The summed E-state index contributed by atoms with van der Waals surface area (Å²) in [4.78, 5) is 0. The average molecular weight is 79.2 g/mol. The van der Waals surface area contributed by atoms with Crippen molar-refractivity contribution in [3.8, 4) is 0 Å². The molecule has 0 unspecified atom stereocenters. The maximum Gasteiger partial charge on any atom is 0.0234 e. The number of rotatable bonds is 1. The molecule has 0 aromatic carbocycles. The summed E-state index contributed by atoms with van der Waals surface area (Å²) in [5.41, 5.74) is 5.03. The van der Waals surface area contributed by atoms with Crippen LogP contribution in [-0.4, -0.2) is 6.54 Å². The molecule has 1 heteroatoms. The monoisotopic (exact) mass is 79.1 g/mol. The summed E-state index contributed by atoms with van der Waals surface area (Å²) < 4.78 is 41.0. The van der Waals surface area contributed by atoms with Crippen LogP contribution in [0.1, 0.15) is 21.9 Å². The lowest BCUT2D eigenvalue weighted by Crippen LogP contribution is -2.05. The number of hydrogen-bond acceptors (Lipinski definition) is 1. The highest BCUT2D eigenvalue weighted by atomic mass is 14.5. The lowest BCUT2D eigenvalue weighted by molar-refractivity contribution is 0.664. The van der Waals surface area contributed by atoms with Crippen LogP contribution in [0.2, 0.25) is 0 Å². The van der Waals surface area contributed by atoms with Gasteiger partial charge >= 0.3 is 0 Å². The molecule has 1 nitrogen and oxygen atoms in total. The third-order valence-corrected chi connectivity index (χ3v) is 0.236. The first kappa shape index (κ1) is 0.784. The van der Waals surface area contributed by atoms with Crippen molar-refractivity contribution >= 4 is 0 Å². The van der Waals surface area contributed by atoms with Crippen LogP contribution in [0.3, 0.4) is 0 Å². The van der Waals surface area contributed by atoms with Gasteiger partial charge in [0, 0.05) is 8.22 Å². The molecule has 0 amide bonds. The number of nitrogens with two attached hydrogens (primary N) is 1. The molecule has 0 saturated carbocycles. The van der Waals surface area contributed by atoms with Crippen LogP contribution in [0.5, 0.6) is 0 Å². The van der Waals surface area contributed by atoms with Crippen molar-refractivity contribution < 1.29 is 8.22 Å². The van der Waals surface area contributed by atoms with E-state index in [9.17, 15) is 0 Å². The smallest absolute Gasteiger partial charge is 0.0234 e. The van der Waals surface area contributed by atoms with Crippen molar-refractivity contribution in [3.63, 3.8) is 0 Å². The number of hydrogen-bond donors (Lipinski definition) is 1. The quantitative estimate of drug-likeness (QED) is 0.489. The predicted molar refractivity (Wildman–Crippen MR) is 23.9 cm³/mol. The Hall–Kier alpha value is -0.0400. The third kappa shape index (κ3) is 3.96. The van der Waals surface area contributed by atoms with Crippen LogP contribution in [0, 0.1) is 5.92 Å². The molecule has 0 aliphatic heterocycles. The van der Waals surface area contributed by atoms with Gasteiger partial charge in [0.15, 0.2) is 0 Å². The summed E-state index contributed by atoms with van der Waals surface area (Å²) in [6, 6.07) is 0. The summed E-state index contributed by atoms with van der Waals surface area (Å²) in [7, 11) is 0. The summed E-state index contributed by atoms with van der Waals surface area (Å²) >= 11 is 0. The maximum absolute atomic E-state index is 6.84. The molecule has 0 bridgehead atoms. The Morgan fingerprint density at radius 3 is 2.60 bits per heavy atom. The zero-order valence-electron chi connectivity index (χ0n) is 8.86. The fourth-order valence-electron chi connectivity index (χ4n) is 0. The van der Waals surface area contributed by atoms with Gasteiger partial charge in [-0.25, -0.2) is 0 Å². The minimum atomic E-state index is -2.49. The highest BCUT2D eigenvalue weighted by Crippen LogP contribution is 1.81. The molecule has 0 saturated heterocycles. The molecule has 0 heterocycles. The topological polar surface area (TPSA) is 26.0 Å². The van der Waals surface area contributed by atoms with Crippen molar-refractivity contribution in [1.82, 2.24) is 0 Å². The Labute approximate surface area is 41.6 Å². The summed E-state index contributed by atoms with van der Waals surface area (Å²) in [6.45, 7) is -5.31. The zero-order chi connectivity index (χ0) is 9.28. The van der Waals surface area contributed by atoms with Crippen molar-refractivity contribution in [1.29, 1.82) is 0 Å². The van der Waals surface area contributed by atoms with E-state index in [1.54, 1.807) is 0 Å². The van der Waals surface area contributed by atoms with Gasteiger partial charge in [-0.15, -0.1) is 0 Å². The molecule has 0 rings (SSSR count). The van der Waals surface area contributed by atoms with Gasteiger partial charge in [0.2, 0.25) is 0 Å². The Morgan fingerprint density at radius 1 is 2.00 bits per heavy atom. The van der Waals surface area contributed by atoms with Gasteiger partial charge in [-0.05, 0) is 12.5 Å². The van der Waals surface area contributed by atoms with E-state index in [1.165, 1.54) is 0 Å². The highest BCUT2D eigenvalue weighted by molar-refractivity contribution is 4.38. The fraction of sp³-hybridized carbons (Fsp3) is 1.00. The standard InChI is InChI=1S/C4H11N/c1-4(2)3-5/h4H,3,5H2,1-2H3/i1D3,2D3. The largest absolute Gasteiger partial charge is 0.330 e. The van der Waals surface area contributed by atoms with Gasteiger partial charge < -0.3 is 5.73 Å². The van der Waals surface area contributed by atoms with Crippen molar-refractivity contribution in [3.05, 3.63) is 0 Å². The summed E-state index contributed by atoms with van der Waals surface area (Å²) in [5, 5.41) is 0. The first-order valence-corrected chi connectivity index (χ1v) is 1.39. The highest BCUT2D eigenvalue weighted by Gasteiger charge is 1.80. The summed E-state index contributed by atoms with van der Waals surface area (Å²) in [5.74, 6) is -1.41. The molecule has 32 valence electrons. The van der Waals surface area contributed by atoms with E-state index in [1.807, 2.05) is 0 Å². The van der Waals surface area contributed by atoms with E-state index in [-0.39, 0.29) is 6.54 Å². The van der Waals surface area contributed by atoms with Crippen molar-refractivity contribution in [2.24, 2.45) is 11.7 Å². The molecule has 0 aliphatic carbocycles. The Bertz CT molecular complexity index is 110. The fourth-order valence-corrected chi connectivity index (χ4v) is 0. The van der Waals surface area contributed by atoms with E-state index < -0.39 is 19.6 Å². The molecule has 0 radical (unpaired) electrons. The Kier molecular flexibility index (Phi) is 0.347. The predicted octanol–water partition coefficient (Wildman–Crippen LogP) is 0.601. The molecule has 0 fully saturated rings. The second kappa shape index (κ2) is 2.21. The second-order valence-corrected chi connectivity index (χ2v) is 0.788. The molecule has 0 atom stereocenters. The lowest BCUT2D eigenvalue weighted by Gasteiger charge is -1.91. The SMILES string of the molecule is [2H]C([2H])([2H])C(CN)C([2H])([2H])[2H]. The van der Waals surface area contributed by atoms with Gasteiger partial charge in [0.05, 0.1) is 0 Å². The molecule has 0 spiro atoms. The van der Waals surface area contributed by atoms with E-state index >= 15 is 0 Å². The van der Waals surface area contributed by atoms with E-state index in [4.69, 9.17) is 14.0 Å². The minimum absolute atomic E-state index is 0.340. The Balaban J connectivity index is 4.43. The molecular weight excluding hydrogens is 62.1 g/mol. The maximum atomic E-state index is 6.84. The molecule has 5 heavy (non-hydrogen) atoms. The normalized spacial score (nSPS) is 32.4. The van der Waals surface area contributed by atoms with Gasteiger partial charge in [0.1, 0.15) is 0 Å². The van der Waals surface area contributed by atoms with E-state index in [0.717, 1.165) is 0 Å². The van der Waals surface area contributed by atoms with Crippen LogP contribution in [0.25, 0.3) is 0 Å². The summed E-state index contributed by atoms with van der Waals surface area (Å²) in [6.07, 6.45) is 0. The average Bonchev–Trinajstić information content (AvgIpc) is 1.56. The van der Waals surface area contributed by atoms with Gasteiger partial charge in [-0.1, -0.05) is 13.7 Å². The zero-order valence-corrected chi connectivity index (χ0v) is 2.86. The van der Waals surface area contributed by atoms with Gasteiger partial charge in [-0.3, -0.25) is 0 Å². The minimum Gasteiger partial charge on any atom is -0.330 e. The molecular formula is C4H11N. The lowest BCUT2D eigenvalue weighted by atomic mass is 10.2. The molecule has 0 aromatic rings. The first-order valence-electron chi connectivity index (χ1n) is 4.39. The second-order valence-electron chi connectivity index (χ2n) is 0.788.